The summed E-state index contributed by atoms with van der Waals surface area (Å²) in [5.74, 6) is -2.10. The van der Waals surface area contributed by atoms with Crippen LogP contribution >= 0.6 is 0 Å². The van der Waals surface area contributed by atoms with E-state index in [0.29, 0.717) is 61.5 Å². The first-order chi connectivity index (χ1) is 29.5. The normalized spacial score (nSPS) is 47.2. The second-order valence-corrected chi connectivity index (χ2v) is 19.4. The van der Waals surface area contributed by atoms with Crippen molar-refractivity contribution >= 4 is 5.97 Å². The highest BCUT2D eigenvalue weighted by molar-refractivity contribution is 5.78. The highest BCUT2D eigenvalue weighted by Crippen LogP contribution is 2.48. The van der Waals surface area contributed by atoms with Crippen LogP contribution in [0, 0.1) is 23.7 Å². The van der Waals surface area contributed by atoms with E-state index in [1.54, 1.807) is 40.2 Å². The van der Waals surface area contributed by atoms with Crippen molar-refractivity contribution in [1.82, 2.24) is 0 Å². The van der Waals surface area contributed by atoms with Gasteiger partial charge in [0.1, 0.15) is 42.0 Å². The predicted octanol–water partition coefficient (Wildman–Crippen LogP) is 5.60. The van der Waals surface area contributed by atoms with Crippen LogP contribution < -0.4 is 0 Å². The van der Waals surface area contributed by atoms with E-state index >= 15 is 0 Å². The molecule has 7 aliphatic rings. The molecule has 62 heavy (non-hydrogen) atoms. The molecule has 0 aromatic heterocycles. The fraction of sp³-hybridized carbons (Fsp3) is 0.812. The molecule has 2 bridgehead atoms. The number of carbonyl (C=O) groups excluding carboxylic acids is 1. The lowest BCUT2D eigenvalue weighted by Crippen LogP contribution is -2.58. The smallest absolute Gasteiger partial charge is 0.316 e. The number of carbonyl (C=O) groups is 1. The van der Waals surface area contributed by atoms with Gasteiger partial charge in [0.15, 0.2) is 18.4 Å². The molecule has 0 radical (unpaired) electrons. The number of fused-ring (bicyclic) bond motifs is 2. The lowest BCUT2D eigenvalue weighted by molar-refractivity contribution is -0.340. The van der Waals surface area contributed by atoms with E-state index < -0.39 is 90.8 Å². The van der Waals surface area contributed by atoms with Crippen molar-refractivity contribution < 1.29 is 67.5 Å². The Morgan fingerprint density at radius 2 is 1.63 bits per heavy atom. The van der Waals surface area contributed by atoms with Crippen LogP contribution in [0.3, 0.4) is 0 Å². The van der Waals surface area contributed by atoms with E-state index in [-0.39, 0.29) is 30.8 Å². The Labute approximate surface area is 368 Å². The first-order valence-corrected chi connectivity index (χ1v) is 23.2. The highest BCUT2D eigenvalue weighted by Gasteiger charge is 2.60. The SMILES string of the molecule is CC[C@H](C)[C@@H]1O[C@]2(CC[C@@H]1C)C[C@H]1C[C@@H](CC=C(C)[C@H](O[C@@H]3C[C@H](OC)[C@H](O[C@@H]4C[C@H](OC)[C@H](O)[C@H](C)O4)[C@H](C)O3)[C@H](C)C=CC=C3CO[C@@H]4[C@H](O)C(C)=C[C@@H](C(=O)O1)[C@]34O)O2. The minimum atomic E-state index is -1.82. The fourth-order valence-electron chi connectivity index (χ4n) is 11.0. The van der Waals surface area contributed by atoms with Crippen molar-refractivity contribution in [3.8, 4) is 0 Å². The van der Waals surface area contributed by atoms with Crippen molar-refractivity contribution in [1.29, 1.82) is 0 Å². The number of ether oxygens (including phenoxy) is 10. The molecule has 6 heterocycles. The zero-order chi connectivity index (χ0) is 44.7. The lowest BCUT2D eigenvalue weighted by Gasteiger charge is -2.51. The Hall–Kier alpha value is -2.05. The van der Waals surface area contributed by atoms with Crippen LogP contribution in [-0.4, -0.2) is 139 Å². The molecule has 6 aliphatic heterocycles. The molecule has 0 saturated carbocycles. The van der Waals surface area contributed by atoms with Crippen molar-refractivity contribution in [2.45, 2.75) is 204 Å². The Kier molecular flexibility index (Phi) is 15.3. The third-order valence-corrected chi connectivity index (χ3v) is 14.9. The van der Waals surface area contributed by atoms with Crippen LogP contribution in [0.25, 0.3) is 0 Å². The van der Waals surface area contributed by atoms with Gasteiger partial charge in [0.25, 0.3) is 0 Å². The standard InChI is InChI=1S/C48H74O14/c1-11-25(2)43-28(5)17-18-47(62-43)23-34-20-33(61-47)16-15-27(4)42(26(3)13-12-14-32-24-55-45-40(49)29(6)19-35(46(51)58-34)48(32,45)52)59-39-22-37(54-10)44(31(8)57-39)60-38-21-36(53-9)41(50)30(7)56-38/h12-15,19,25-26,28,30-31,33-45,49-50,52H,11,16-18,20-24H2,1-10H3/t25-,26+,28-,30-,31-,33+,34+,35-,36-,37-,38+,39+,40+,41+,42+,43-,44+,45+,47+,48+/m0/s1. The molecule has 1 spiro atoms. The minimum absolute atomic E-state index is 0.00708. The van der Waals surface area contributed by atoms with Gasteiger partial charge in [-0.05, 0) is 69.1 Å². The van der Waals surface area contributed by atoms with Gasteiger partial charge in [-0.15, -0.1) is 0 Å². The third kappa shape index (κ3) is 9.73. The predicted molar refractivity (Wildman–Crippen MR) is 227 cm³/mol. The molecule has 350 valence electrons. The zero-order valence-corrected chi connectivity index (χ0v) is 38.5. The molecule has 5 fully saturated rings. The van der Waals surface area contributed by atoms with Gasteiger partial charge < -0.3 is 62.7 Å². The summed E-state index contributed by atoms with van der Waals surface area (Å²) < 4.78 is 63.9. The molecule has 1 aliphatic carbocycles. The van der Waals surface area contributed by atoms with Crippen LogP contribution in [0.1, 0.15) is 107 Å². The molecule has 14 nitrogen and oxygen atoms in total. The summed E-state index contributed by atoms with van der Waals surface area (Å²) in [6.45, 7) is 16.3. The van der Waals surface area contributed by atoms with Gasteiger partial charge in [-0.1, -0.05) is 64.5 Å². The first-order valence-electron chi connectivity index (χ1n) is 23.2. The molecule has 5 saturated heterocycles. The number of allylic oxidation sites excluding steroid dienone is 2. The topological polar surface area (TPSA) is 170 Å². The summed E-state index contributed by atoms with van der Waals surface area (Å²) in [4.78, 5) is 14.4. The van der Waals surface area contributed by atoms with Crippen molar-refractivity contribution in [2.75, 3.05) is 20.8 Å². The van der Waals surface area contributed by atoms with Crippen LogP contribution in [0.15, 0.2) is 47.1 Å². The van der Waals surface area contributed by atoms with Crippen molar-refractivity contribution in [2.24, 2.45) is 23.7 Å². The van der Waals surface area contributed by atoms with Crippen LogP contribution in [0.5, 0.6) is 0 Å². The van der Waals surface area contributed by atoms with E-state index in [1.165, 1.54) is 0 Å². The Bertz CT molecular complexity index is 1680. The van der Waals surface area contributed by atoms with Gasteiger partial charge in [-0.3, -0.25) is 4.79 Å². The molecule has 0 amide bonds. The quantitative estimate of drug-likeness (QED) is 0.204. The van der Waals surface area contributed by atoms with Crippen LogP contribution in [0.4, 0.5) is 0 Å². The fourth-order valence-corrected chi connectivity index (χ4v) is 11.0. The second kappa shape index (κ2) is 19.8. The highest BCUT2D eigenvalue weighted by atomic mass is 16.7. The van der Waals surface area contributed by atoms with Gasteiger partial charge >= 0.3 is 5.97 Å². The van der Waals surface area contributed by atoms with Crippen molar-refractivity contribution in [3.63, 3.8) is 0 Å². The monoisotopic (exact) mass is 875 g/mol. The number of aliphatic hydroxyl groups excluding tert-OH is 2. The zero-order valence-electron chi connectivity index (χ0n) is 38.5. The minimum Gasteiger partial charge on any atom is -0.462 e. The summed E-state index contributed by atoms with van der Waals surface area (Å²) >= 11 is 0. The van der Waals surface area contributed by atoms with Gasteiger partial charge in [0.2, 0.25) is 0 Å². The molecular weight excluding hydrogens is 801 g/mol. The molecule has 14 heteroatoms. The number of hydrogen-bond acceptors (Lipinski definition) is 14. The number of rotatable bonds is 8. The van der Waals surface area contributed by atoms with Gasteiger partial charge in [-0.25, -0.2) is 0 Å². The molecule has 0 aromatic rings. The summed E-state index contributed by atoms with van der Waals surface area (Å²) in [5.41, 5.74) is 0.188. The molecular formula is C48H74O14. The second-order valence-electron chi connectivity index (χ2n) is 19.4. The Balaban J connectivity index is 1.18. The summed E-state index contributed by atoms with van der Waals surface area (Å²) in [5, 5.41) is 34.2. The van der Waals surface area contributed by atoms with Crippen LogP contribution in [-0.2, 0) is 52.2 Å². The average Bonchev–Trinajstić information content (AvgIpc) is 3.58. The van der Waals surface area contributed by atoms with E-state index in [2.05, 4.69) is 40.7 Å². The van der Waals surface area contributed by atoms with Crippen LogP contribution in [0.2, 0.25) is 0 Å². The molecule has 0 aromatic carbocycles. The Morgan fingerprint density at radius 1 is 0.919 bits per heavy atom. The van der Waals surface area contributed by atoms with Crippen molar-refractivity contribution in [3.05, 3.63) is 47.1 Å². The molecule has 7 rings (SSSR count). The van der Waals surface area contributed by atoms with Gasteiger partial charge in [0.05, 0.1) is 49.3 Å². The largest absolute Gasteiger partial charge is 0.462 e. The average molecular weight is 875 g/mol. The number of methoxy groups -OCH3 is 2. The summed E-state index contributed by atoms with van der Waals surface area (Å²) in [6, 6.07) is 0. The van der Waals surface area contributed by atoms with E-state index in [9.17, 15) is 20.1 Å². The maximum atomic E-state index is 14.4. The Morgan fingerprint density at radius 3 is 2.35 bits per heavy atom. The van der Waals surface area contributed by atoms with Gasteiger partial charge in [-0.2, -0.15) is 0 Å². The lowest BCUT2D eigenvalue weighted by atomic mass is 9.71. The van der Waals surface area contributed by atoms with Gasteiger partial charge in [0, 0.05) is 52.2 Å². The van der Waals surface area contributed by atoms with E-state index in [1.807, 2.05) is 19.1 Å². The number of hydrogen-bond donors (Lipinski definition) is 3. The molecule has 3 N–H and O–H groups in total. The number of aliphatic hydroxyl groups is 3. The third-order valence-electron chi connectivity index (χ3n) is 14.9. The maximum Gasteiger partial charge on any atom is 0.316 e. The number of esters is 1. The van der Waals surface area contributed by atoms with E-state index in [4.69, 9.17) is 47.4 Å². The molecule has 20 atom stereocenters. The summed E-state index contributed by atoms with van der Waals surface area (Å²) in [7, 11) is 3.23. The molecule has 0 unspecified atom stereocenters. The van der Waals surface area contributed by atoms with E-state index in [0.717, 1.165) is 18.4 Å². The maximum absolute atomic E-state index is 14.4. The first kappa shape index (κ1) is 47.9. The summed E-state index contributed by atoms with van der Waals surface area (Å²) in [6.07, 6.45) is 6.53.